The van der Waals surface area contributed by atoms with Gasteiger partial charge in [-0.1, -0.05) is 17.7 Å². The average Bonchev–Trinajstić information content (AvgIpc) is 2.73. The van der Waals surface area contributed by atoms with Crippen molar-refractivity contribution < 1.29 is 29.6 Å². The van der Waals surface area contributed by atoms with E-state index in [0.717, 1.165) is 6.92 Å². The number of amidine groups is 1. The van der Waals surface area contributed by atoms with Crippen molar-refractivity contribution >= 4 is 23.2 Å². The summed E-state index contributed by atoms with van der Waals surface area (Å²) in [7, 11) is 0. The van der Waals surface area contributed by atoms with Gasteiger partial charge in [0.1, 0.15) is 17.1 Å². The van der Waals surface area contributed by atoms with Gasteiger partial charge in [-0.25, -0.2) is 0 Å². The maximum Gasteiger partial charge on any atom is 0.424 e. The predicted octanol–water partition coefficient (Wildman–Crippen LogP) is 3.79. The molecule has 0 fully saturated rings. The van der Waals surface area contributed by atoms with Gasteiger partial charge >= 0.3 is 6.18 Å². The molecule has 0 bridgehead atoms. The maximum atomic E-state index is 13.4. The molecule has 0 aliphatic carbocycles. The second-order valence-electron chi connectivity index (χ2n) is 7.09. The van der Waals surface area contributed by atoms with Gasteiger partial charge in [0.15, 0.2) is 5.78 Å². The van der Waals surface area contributed by atoms with Gasteiger partial charge in [0.25, 0.3) is 0 Å². The number of Topliss-reactive ketones (excluding diaryl/α,β-unsaturated/α-hetero) is 1. The first-order valence-corrected chi connectivity index (χ1v) is 9.02. The summed E-state index contributed by atoms with van der Waals surface area (Å²) in [5, 5.41) is -0.501. The Labute approximate surface area is 183 Å². The molecular formula is C20H20ClF3N4O2. The molecule has 0 saturated carbocycles. The molecule has 0 radical (unpaired) electrons. The van der Waals surface area contributed by atoms with E-state index in [2.05, 4.69) is 15.0 Å². The van der Waals surface area contributed by atoms with E-state index in [-0.39, 0.29) is 11.4 Å². The van der Waals surface area contributed by atoms with Crippen LogP contribution in [0.3, 0.4) is 0 Å². The fourth-order valence-corrected chi connectivity index (χ4v) is 2.94. The minimum Gasteiger partial charge on any atom is -0.385 e. The number of rotatable bonds is 4. The first-order chi connectivity index (χ1) is 15.9. The second kappa shape index (κ2) is 7.63. The summed E-state index contributed by atoms with van der Waals surface area (Å²) in [5.74, 6) is -1.61. The van der Waals surface area contributed by atoms with E-state index in [1.54, 1.807) is 0 Å². The zero-order chi connectivity index (χ0) is 26.6. The number of carbonyl (C=O) groups excluding carboxylic acids is 1. The van der Waals surface area contributed by atoms with Crippen LogP contribution in [0.1, 0.15) is 48.1 Å². The molecule has 3 rings (SSSR count). The minimum atomic E-state index is -4.79. The van der Waals surface area contributed by atoms with Crippen LogP contribution >= 0.6 is 11.6 Å². The lowest BCUT2D eigenvalue weighted by molar-refractivity contribution is -0.249. The van der Waals surface area contributed by atoms with E-state index < -0.39 is 77.3 Å². The number of carbonyl (C=O) groups is 1. The molecular weight excluding hydrogens is 421 g/mol. The van der Waals surface area contributed by atoms with Crippen molar-refractivity contribution in [2.24, 2.45) is 10.7 Å². The molecule has 0 aromatic carbocycles. The summed E-state index contributed by atoms with van der Waals surface area (Å²) in [6.07, 6.45) is -5.89. The third kappa shape index (κ3) is 4.04. The Hall–Kier alpha value is -2.52. The second-order valence-corrected chi connectivity index (χ2v) is 7.47. The van der Waals surface area contributed by atoms with E-state index in [9.17, 15) is 18.0 Å². The topological polar surface area (TPSA) is 90.5 Å². The Kier molecular flexibility index (Phi) is 4.12. The molecule has 0 spiro atoms. The summed E-state index contributed by atoms with van der Waals surface area (Å²) < 4.78 is 83.8. The van der Waals surface area contributed by atoms with Crippen LogP contribution in [0.2, 0.25) is 5.02 Å². The Bertz CT molecular complexity index is 1220. The third-order valence-electron chi connectivity index (χ3n) is 4.74. The van der Waals surface area contributed by atoms with Crippen LogP contribution in [0.15, 0.2) is 35.4 Å². The van der Waals surface area contributed by atoms with Gasteiger partial charge in [-0.3, -0.25) is 19.8 Å². The molecule has 2 aromatic rings. The molecule has 0 amide bonds. The number of nitrogens with two attached hydrogens (primary N) is 1. The van der Waals surface area contributed by atoms with Crippen molar-refractivity contribution in [1.29, 1.82) is 0 Å². The summed E-state index contributed by atoms with van der Waals surface area (Å²) in [6.45, 7) is -1.15. The molecule has 160 valence electrons. The Balaban J connectivity index is 1.97. The zero-order valence-electron chi connectivity index (χ0n) is 20.9. The Morgan fingerprint density at radius 2 is 2.17 bits per heavy atom. The van der Waals surface area contributed by atoms with Crippen LogP contribution in [-0.2, 0) is 16.7 Å². The van der Waals surface area contributed by atoms with Crippen LogP contribution in [0, 0.1) is 6.85 Å². The molecule has 3 heterocycles. The number of aliphatic imine (C=N–C) groups is 1. The molecule has 2 N–H and O–H groups in total. The molecule has 10 heteroatoms. The Morgan fingerprint density at radius 3 is 2.80 bits per heavy atom. The summed E-state index contributed by atoms with van der Waals surface area (Å²) in [5.41, 5.74) is 0.473. The monoisotopic (exact) mass is 445 g/mol. The first-order valence-electron chi connectivity index (χ1n) is 11.1. The van der Waals surface area contributed by atoms with E-state index in [1.165, 1.54) is 25.1 Å². The number of pyridine rings is 2. The molecule has 2 atom stereocenters. The van der Waals surface area contributed by atoms with Crippen LogP contribution in [0.5, 0.6) is 0 Å². The highest BCUT2D eigenvalue weighted by atomic mass is 35.5. The average molecular weight is 446 g/mol. The van der Waals surface area contributed by atoms with E-state index in [1.807, 2.05) is 0 Å². The number of halogens is 4. The largest absolute Gasteiger partial charge is 0.424 e. The highest BCUT2D eigenvalue weighted by Gasteiger charge is 2.59. The lowest BCUT2D eigenvalue weighted by atomic mass is 9.93. The predicted molar refractivity (Wildman–Crippen MR) is 106 cm³/mol. The van der Waals surface area contributed by atoms with Crippen molar-refractivity contribution in [1.82, 2.24) is 9.97 Å². The number of ketones is 1. The number of nitrogens with zero attached hydrogens (tertiary/aromatic N) is 3. The molecule has 0 unspecified atom stereocenters. The van der Waals surface area contributed by atoms with Crippen molar-refractivity contribution in [2.75, 3.05) is 6.61 Å². The van der Waals surface area contributed by atoms with E-state index >= 15 is 0 Å². The van der Waals surface area contributed by atoms with Gasteiger partial charge in [0, 0.05) is 16.0 Å². The number of hydrogen-bond acceptors (Lipinski definition) is 6. The van der Waals surface area contributed by atoms with Crippen LogP contribution in [0.25, 0.3) is 0 Å². The Morgan fingerprint density at radius 1 is 1.43 bits per heavy atom. The van der Waals surface area contributed by atoms with Crippen LogP contribution in [-0.4, -0.2) is 40.0 Å². The lowest BCUT2D eigenvalue weighted by Gasteiger charge is -2.40. The van der Waals surface area contributed by atoms with Gasteiger partial charge in [0.2, 0.25) is 5.60 Å². The first kappa shape index (κ1) is 16.2. The number of ether oxygens (including phenoxy) is 1. The summed E-state index contributed by atoms with van der Waals surface area (Å²) in [4.78, 5) is 24.9. The number of aromatic nitrogens is 2. The van der Waals surface area contributed by atoms with Gasteiger partial charge in [0.05, 0.1) is 26.5 Å². The minimum absolute atomic E-state index is 0.123. The number of hydrogen-bond donors (Lipinski definition) is 1. The van der Waals surface area contributed by atoms with Gasteiger partial charge in [-0.2, -0.15) is 13.2 Å². The van der Waals surface area contributed by atoms with Crippen molar-refractivity contribution in [3.05, 3.63) is 58.1 Å². The maximum absolute atomic E-state index is 13.4. The van der Waals surface area contributed by atoms with Crippen molar-refractivity contribution in [3.8, 4) is 0 Å². The number of alkyl halides is 3. The molecule has 1 aliphatic rings. The molecule has 30 heavy (non-hydrogen) atoms. The summed E-state index contributed by atoms with van der Waals surface area (Å²) in [6, 6.07) is 3.71. The zero-order valence-corrected chi connectivity index (χ0v) is 16.6. The SMILES string of the molecule is [2H]c1nc(C(=O)Cc2cccc([C@]3(C)CO[C@@](C)(C(F)(F)F)C(N)=N3)n2)c(C([2H])([2H])[2H])c([2H])c1Cl. The highest BCUT2D eigenvalue weighted by Crippen LogP contribution is 2.40. The van der Waals surface area contributed by atoms with Crippen LogP contribution < -0.4 is 5.73 Å². The third-order valence-corrected chi connectivity index (χ3v) is 4.92. The van der Waals surface area contributed by atoms with Crippen molar-refractivity contribution in [2.45, 2.75) is 44.4 Å². The van der Waals surface area contributed by atoms with E-state index in [0.29, 0.717) is 0 Å². The molecule has 6 nitrogen and oxygen atoms in total. The quantitative estimate of drug-likeness (QED) is 0.723. The van der Waals surface area contributed by atoms with Gasteiger partial charge in [-0.15, -0.1) is 0 Å². The van der Waals surface area contributed by atoms with E-state index in [4.69, 9.17) is 28.9 Å². The highest BCUT2D eigenvalue weighted by molar-refractivity contribution is 6.30. The van der Waals surface area contributed by atoms with Gasteiger partial charge < -0.3 is 10.5 Å². The van der Waals surface area contributed by atoms with Gasteiger partial charge in [-0.05, 0) is 44.4 Å². The van der Waals surface area contributed by atoms with Crippen molar-refractivity contribution in [3.63, 3.8) is 0 Å². The fraction of sp³-hybridized carbons (Fsp3) is 0.400. The fourth-order valence-electron chi connectivity index (χ4n) is 2.81. The van der Waals surface area contributed by atoms with Crippen LogP contribution in [0.4, 0.5) is 13.2 Å². The molecule has 2 aromatic heterocycles. The molecule has 1 aliphatic heterocycles. The summed E-state index contributed by atoms with van der Waals surface area (Å²) >= 11 is 5.79. The molecule has 0 saturated heterocycles. The normalized spacial score (nSPS) is 27.3. The smallest absolute Gasteiger partial charge is 0.385 e. The standard InChI is InChI=1S/C20H20ClF3N4O2/c1-11-7-12(21)9-26-16(11)14(29)8-13-5-4-6-15(27-13)18(2)10-30-19(3,17(25)28-18)20(22,23)24/h4-7,9H,8,10H2,1-3H3,(H2,25,28)/t18-,19+/m0/s1/i1D3,7D,9D. The lowest BCUT2D eigenvalue weighted by Crippen LogP contribution is -2.60.